The highest BCUT2D eigenvalue weighted by Crippen LogP contribution is 2.32. The topological polar surface area (TPSA) is 41.6 Å². The van der Waals surface area contributed by atoms with Gasteiger partial charge in [-0.05, 0) is 36.8 Å². The van der Waals surface area contributed by atoms with Gasteiger partial charge in [0, 0.05) is 17.3 Å². The molecule has 0 spiro atoms. The molecule has 0 saturated heterocycles. The molecule has 4 aromatic rings. The second-order valence-corrected chi connectivity index (χ2v) is 6.23. The molecule has 0 aliphatic rings. The average molecular weight is 335 g/mol. The van der Waals surface area contributed by atoms with Crippen LogP contribution in [-0.4, -0.2) is 9.78 Å². The molecule has 0 N–H and O–H groups in total. The van der Waals surface area contributed by atoms with Gasteiger partial charge in [-0.2, -0.15) is 10.4 Å². The molecule has 3 heteroatoms. The summed E-state index contributed by atoms with van der Waals surface area (Å²) in [6.45, 7) is 2.08. The maximum Gasteiger partial charge on any atom is 0.101 e. The van der Waals surface area contributed by atoms with Gasteiger partial charge in [0.1, 0.15) is 5.69 Å². The molecule has 3 nitrogen and oxygen atoms in total. The van der Waals surface area contributed by atoms with E-state index in [1.807, 2.05) is 65.5 Å². The molecule has 0 atom stereocenters. The number of aromatic nitrogens is 2. The summed E-state index contributed by atoms with van der Waals surface area (Å²) in [5.74, 6) is 0. The fourth-order valence-corrected chi connectivity index (χ4v) is 2.98. The van der Waals surface area contributed by atoms with E-state index in [4.69, 9.17) is 5.10 Å². The molecule has 26 heavy (non-hydrogen) atoms. The van der Waals surface area contributed by atoms with E-state index in [9.17, 15) is 5.26 Å². The molecule has 0 saturated carbocycles. The van der Waals surface area contributed by atoms with E-state index < -0.39 is 0 Å². The average Bonchev–Trinajstić information content (AvgIpc) is 3.15. The number of nitriles is 1. The van der Waals surface area contributed by atoms with E-state index >= 15 is 0 Å². The summed E-state index contributed by atoms with van der Waals surface area (Å²) < 4.78 is 1.89. The molecule has 0 aliphatic heterocycles. The van der Waals surface area contributed by atoms with Crippen molar-refractivity contribution in [3.8, 4) is 34.1 Å². The number of nitrogens with zero attached hydrogens (tertiary/aromatic N) is 3. The van der Waals surface area contributed by atoms with E-state index in [0.29, 0.717) is 5.56 Å². The van der Waals surface area contributed by atoms with Crippen molar-refractivity contribution in [3.05, 3.63) is 96.2 Å². The summed E-state index contributed by atoms with van der Waals surface area (Å²) in [4.78, 5) is 0. The Balaban J connectivity index is 1.92. The van der Waals surface area contributed by atoms with Crippen molar-refractivity contribution in [1.29, 1.82) is 5.26 Å². The van der Waals surface area contributed by atoms with Crippen LogP contribution in [0, 0.1) is 18.3 Å². The molecule has 0 amide bonds. The van der Waals surface area contributed by atoms with Crippen LogP contribution in [0.5, 0.6) is 0 Å². The largest absolute Gasteiger partial charge is 0.240 e. The van der Waals surface area contributed by atoms with Crippen LogP contribution in [0.15, 0.2) is 85.1 Å². The van der Waals surface area contributed by atoms with Gasteiger partial charge in [0.25, 0.3) is 0 Å². The van der Waals surface area contributed by atoms with Gasteiger partial charge in [0.2, 0.25) is 0 Å². The molecular weight excluding hydrogens is 318 g/mol. The van der Waals surface area contributed by atoms with Gasteiger partial charge in [-0.25, -0.2) is 4.68 Å². The normalized spacial score (nSPS) is 10.5. The Morgan fingerprint density at radius 2 is 1.62 bits per heavy atom. The second-order valence-electron chi connectivity index (χ2n) is 6.23. The molecule has 0 radical (unpaired) electrons. The first kappa shape index (κ1) is 15.9. The predicted molar refractivity (Wildman–Crippen MR) is 104 cm³/mol. The van der Waals surface area contributed by atoms with Crippen molar-refractivity contribution < 1.29 is 0 Å². The van der Waals surface area contributed by atoms with Crippen molar-refractivity contribution in [3.63, 3.8) is 0 Å². The van der Waals surface area contributed by atoms with Gasteiger partial charge in [-0.3, -0.25) is 0 Å². The third-order valence-corrected chi connectivity index (χ3v) is 4.36. The standard InChI is InChI=1S/C23H17N3/c1-17-10-12-19(13-11-17)22-16-26(21-8-3-2-4-9-21)25-23(22)20-7-5-6-18(14-20)15-24/h2-14,16H,1H3. The smallest absolute Gasteiger partial charge is 0.101 e. The SMILES string of the molecule is Cc1ccc(-c2cn(-c3ccccc3)nc2-c2cccc(C#N)c2)cc1. The fourth-order valence-electron chi connectivity index (χ4n) is 2.98. The van der Waals surface area contributed by atoms with E-state index in [0.717, 1.165) is 28.1 Å². The minimum Gasteiger partial charge on any atom is -0.240 e. The zero-order valence-corrected chi connectivity index (χ0v) is 14.4. The third-order valence-electron chi connectivity index (χ3n) is 4.36. The van der Waals surface area contributed by atoms with Crippen LogP contribution < -0.4 is 0 Å². The number of aryl methyl sites for hydroxylation is 1. The minimum absolute atomic E-state index is 0.631. The number of hydrogen-bond acceptors (Lipinski definition) is 2. The summed E-state index contributed by atoms with van der Waals surface area (Å²) in [7, 11) is 0. The first-order valence-electron chi connectivity index (χ1n) is 8.47. The lowest BCUT2D eigenvalue weighted by atomic mass is 10.00. The van der Waals surface area contributed by atoms with Crippen molar-refractivity contribution in [2.45, 2.75) is 6.92 Å². The van der Waals surface area contributed by atoms with Gasteiger partial charge in [0.15, 0.2) is 0 Å². The van der Waals surface area contributed by atoms with E-state index in [1.165, 1.54) is 5.56 Å². The molecular formula is C23H17N3. The Kier molecular flexibility index (Phi) is 4.09. The highest BCUT2D eigenvalue weighted by molar-refractivity contribution is 5.81. The van der Waals surface area contributed by atoms with E-state index in [2.05, 4.69) is 37.3 Å². The molecule has 0 unspecified atom stereocenters. The highest BCUT2D eigenvalue weighted by atomic mass is 15.3. The molecule has 4 rings (SSSR count). The van der Waals surface area contributed by atoms with Gasteiger partial charge in [-0.15, -0.1) is 0 Å². The number of hydrogen-bond donors (Lipinski definition) is 0. The molecule has 0 bridgehead atoms. The monoisotopic (exact) mass is 335 g/mol. The molecule has 0 fully saturated rings. The minimum atomic E-state index is 0.631. The molecule has 0 aliphatic carbocycles. The lowest BCUT2D eigenvalue weighted by molar-refractivity contribution is 0.884. The number of para-hydroxylation sites is 1. The molecule has 3 aromatic carbocycles. The van der Waals surface area contributed by atoms with Crippen molar-refractivity contribution in [2.24, 2.45) is 0 Å². The summed E-state index contributed by atoms with van der Waals surface area (Å²) in [6.07, 6.45) is 2.05. The Labute approximate surface area is 152 Å². The summed E-state index contributed by atoms with van der Waals surface area (Å²) in [5.41, 5.74) is 6.82. The van der Waals surface area contributed by atoms with Crippen molar-refractivity contribution >= 4 is 0 Å². The molecule has 124 valence electrons. The van der Waals surface area contributed by atoms with Crippen molar-refractivity contribution in [2.75, 3.05) is 0 Å². The number of rotatable bonds is 3. The fraction of sp³-hybridized carbons (Fsp3) is 0.0435. The lowest BCUT2D eigenvalue weighted by Gasteiger charge is -2.04. The zero-order chi connectivity index (χ0) is 17.9. The number of benzene rings is 3. The van der Waals surface area contributed by atoms with Crippen LogP contribution in [0.3, 0.4) is 0 Å². The Bertz CT molecular complexity index is 1080. The zero-order valence-electron chi connectivity index (χ0n) is 14.4. The van der Waals surface area contributed by atoms with E-state index in [1.54, 1.807) is 0 Å². The highest BCUT2D eigenvalue weighted by Gasteiger charge is 2.14. The Morgan fingerprint density at radius 1 is 0.846 bits per heavy atom. The lowest BCUT2D eigenvalue weighted by Crippen LogP contribution is -1.94. The van der Waals surface area contributed by atoms with Crippen LogP contribution in [0.2, 0.25) is 0 Å². The van der Waals surface area contributed by atoms with E-state index in [-0.39, 0.29) is 0 Å². The van der Waals surface area contributed by atoms with Gasteiger partial charge < -0.3 is 0 Å². The molecule has 1 heterocycles. The second kappa shape index (κ2) is 6.70. The summed E-state index contributed by atoms with van der Waals surface area (Å²) in [5, 5.41) is 14.1. The Hall–Kier alpha value is -3.64. The maximum atomic E-state index is 9.23. The van der Waals surface area contributed by atoms with Crippen LogP contribution in [0.1, 0.15) is 11.1 Å². The third kappa shape index (κ3) is 3.01. The molecule has 1 aromatic heterocycles. The van der Waals surface area contributed by atoms with Gasteiger partial charge in [-0.1, -0.05) is 60.2 Å². The van der Waals surface area contributed by atoms with Gasteiger partial charge >= 0.3 is 0 Å². The first-order chi connectivity index (χ1) is 12.7. The van der Waals surface area contributed by atoms with Crippen LogP contribution in [0.4, 0.5) is 0 Å². The Morgan fingerprint density at radius 3 is 2.35 bits per heavy atom. The first-order valence-corrected chi connectivity index (χ1v) is 8.47. The van der Waals surface area contributed by atoms with Gasteiger partial charge in [0.05, 0.1) is 17.3 Å². The van der Waals surface area contributed by atoms with Crippen molar-refractivity contribution in [1.82, 2.24) is 9.78 Å². The van der Waals surface area contributed by atoms with Crippen LogP contribution >= 0.6 is 0 Å². The summed E-state index contributed by atoms with van der Waals surface area (Å²) in [6, 6.07) is 28.3. The van der Waals surface area contributed by atoms with Crippen LogP contribution in [0.25, 0.3) is 28.1 Å². The quantitative estimate of drug-likeness (QED) is 0.504. The summed E-state index contributed by atoms with van der Waals surface area (Å²) >= 11 is 0. The maximum absolute atomic E-state index is 9.23. The predicted octanol–water partition coefficient (Wildman–Crippen LogP) is 5.39. The van der Waals surface area contributed by atoms with Crippen LogP contribution in [-0.2, 0) is 0 Å².